The number of hydrogen-bond acceptors (Lipinski definition) is 10. The highest BCUT2D eigenvalue weighted by atomic mass is 19.1. The van der Waals surface area contributed by atoms with Crippen molar-refractivity contribution >= 4 is 28.7 Å². The molecule has 0 unspecified atom stereocenters. The van der Waals surface area contributed by atoms with Gasteiger partial charge in [0.25, 0.3) is 5.56 Å². The average Bonchev–Trinajstić information content (AvgIpc) is 2.89. The first-order valence-electron chi connectivity index (χ1n) is 11.5. The largest absolute Gasteiger partial charge is 0.505 e. The summed E-state index contributed by atoms with van der Waals surface area (Å²) in [6, 6.07) is 10.8. The fourth-order valence-electron chi connectivity index (χ4n) is 4.00. The molecule has 0 aliphatic carbocycles. The number of nitrogens with zero attached hydrogens (tertiary/aromatic N) is 4. The minimum atomic E-state index is -0.820. The number of hydrogen-bond donors (Lipinski definition) is 6. The Morgan fingerprint density at radius 3 is 2.58 bits per heavy atom. The van der Waals surface area contributed by atoms with Crippen molar-refractivity contribution in [1.29, 1.82) is 10.8 Å². The van der Waals surface area contributed by atoms with Crippen LogP contribution in [0.1, 0.15) is 35.1 Å². The van der Waals surface area contributed by atoms with Crippen LogP contribution in [0.15, 0.2) is 53.6 Å². The van der Waals surface area contributed by atoms with Gasteiger partial charge in [-0.3, -0.25) is 14.8 Å². The molecule has 0 saturated carbocycles. The Morgan fingerprint density at radius 2 is 1.92 bits per heavy atom. The predicted molar refractivity (Wildman–Crippen MR) is 144 cm³/mol. The summed E-state index contributed by atoms with van der Waals surface area (Å²) in [5.74, 6) is -0.980. The van der Waals surface area contributed by atoms with Gasteiger partial charge in [-0.1, -0.05) is 18.2 Å². The molecule has 0 saturated heterocycles. The number of rotatable bonds is 8. The SMILES string of the molecule is CNc1c(C(C)=N)nc(CNc2ncnc(N)c2C(=N)c2ccc(F)c(O)c2)n(-c2ccccc2C)c1=O. The number of anilines is 3. The fraction of sp³-hybridized carbons (Fsp3) is 0.154. The number of aromatic nitrogens is 4. The number of nitrogen functional groups attached to an aromatic ring is 1. The van der Waals surface area contributed by atoms with Crippen molar-refractivity contribution in [1.82, 2.24) is 19.5 Å². The molecule has 0 bridgehead atoms. The van der Waals surface area contributed by atoms with E-state index in [-0.39, 0.29) is 57.7 Å². The van der Waals surface area contributed by atoms with Crippen LogP contribution in [-0.4, -0.2) is 43.1 Å². The zero-order valence-electron chi connectivity index (χ0n) is 20.9. The van der Waals surface area contributed by atoms with E-state index in [9.17, 15) is 14.3 Å². The maximum Gasteiger partial charge on any atom is 0.282 e. The number of nitrogens with one attached hydrogen (secondary N) is 4. The Balaban J connectivity index is 1.82. The summed E-state index contributed by atoms with van der Waals surface area (Å²) < 4.78 is 15.0. The van der Waals surface area contributed by atoms with Gasteiger partial charge >= 0.3 is 0 Å². The summed E-state index contributed by atoms with van der Waals surface area (Å²) in [6.07, 6.45) is 1.22. The van der Waals surface area contributed by atoms with E-state index < -0.39 is 11.6 Å². The minimum Gasteiger partial charge on any atom is -0.505 e. The highest BCUT2D eigenvalue weighted by Gasteiger charge is 2.21. The molecule has 38 heavy (non-hydrogen) atoms. The lowest BCUT2D eigenvalue weighted by Crippen LogP contribution is -2.30. The van der Waals surface area contributed by atoms with Crippen molar-refractivity contribution in [3.8, 4) is 11.4 Å². The third-order valence-corrected chi connectivity index (χ3v) is 5.89. The monoisotopic (exact) mass is 515 g/mol. The normalized spacial score (nSPS) is 10.7. The molecular formula is C26H26FN9O2. The smallest absolute Gasteiger partial charge is 0.282 e. The van der Waals surface area contributed by atoms with Crippen LogP contribution in [0.3, 0.4) is 0 Å². The van der Waals surface area contributed by atoms with Crippen molar-refractivity contribution in [3.63, 3.8) is 0 Å². The first-order valence-corrected chi connectivity index (χ1v) is 11.5. The van der Waals surface area contributed by atoms with Crippen LogP contribution in [0.2, 0.25) is 0 Å². The van der Waals surface area contributed by atoms with Gasteiger partial charge in [-0.15, -0.1) is 0 Å². The highest BCUT2D eigenvalue weighted by molar-refractivity contribution is 6.16. The third kappa shape index (κ3) is 4.78. The zero-order valence-corrected chi connectivity index (χ0v) is 20.9. The molecule has 2 aromatic carbocycles. The molecule has 0 radical (unpaired) electrons. The molecule has 2 heterocycles. The molecule has 4 aromatic rings. The molecule has 0 aliphatic rings. The molecule has 0 aliphatic heterocycles. The summed E-state index contributed by atoms with van der Waals surface area (Å²) in [5, 5.41) is 32.5. The molecule has 0 atom stereocenters. The second-order valence-corrected chi connectivity index (χ2v) is 8.43. The maximum absolute atomic E-state index is 13.6. The van der Waals surface area contributed by atoms with Crippen LogP contribution in [0.25, 0.3) is 5.69 Å². The van der Waals surface area contributed by atoms with Crippen LogP contribution < -0.4 is 21.9 Å². The Bertz CT molecular complexity index is 1630. The second kappa shape index (κ2) is 10.5. The number of halogens is 1. The molecule has 12 heteroatoms. The van der Waals surface area contributed by atoms with Crippen LogP contribution in [-0.2, 0) is 6.54 Å². The quantitative estimate of drug-likeness (QED) is 0.194. The molecule has 7 N–H and O–H groups in total. The highest BCUT2D eigenvalue weighted by Crippen LogP contribution is 2.25. The van der Waals surface area contributed by atoms with Crippen LogP contribution in [0, 0.1) is 23.6 Å². The number of phenols is 1. The molecule has 0 spiro atoms. The van der Waals surface area contributed by atoms with Crippen molar-refractivity contribution in [2.24, 2.45) is 0 Å². The number of aromatic hydroxyl groups is 1. The lowest BCUT2D eigenvalue weighted by molar-refractivity contribution is 0.432. The molecular weight excluding hydrogens is 489 g/mol. The lowest BCUT2D eigenvalue weighted by atomic mass is 10.0. The summed E-state index contributed by atoms with van der Waals surface area (Å²) in [6.45, 7) is 3.39. The standard InChI is InChI=1S/C26H26FN9O2/c1-13-6-4-5-7-17(13)36-19(35-22(14(2)28)23(31-3)26(36)38)11-32-25-20(24(30)33-12-34-25)21(29)15-8-9-16(27)18(37)10-15/h4-10,12,28-29,31,37H,11H2,1-3H3,(H3,30,32,33,34). The van der Waals surface area contributed by atoms with Gasteiger partial charge in [-0.05, 0) is 43.7 Å². The molecule has 11 nitrogen and oxygen atoms in total. The Hall–Kier alpha value is -5.13. The molecule has 4 rings (SSSR count). The van der Waals surface area contributed by atoms with Crippen molar-refractivity contribution in [2.75, 3.05) is 23.4 Å². The van der Waals surface area contributed by atoms with Crippen LogP contribution in [0.4, 0.5) is 21.7 Å². The lowest BCUT2D eigenvalue weighted by Gasteiger charge is -2.19. The van der Waals surface area contributed by atoms with E-state index in [4.69, 9.17) is 16.6 Å². The van der Waals surface area contributed by atoms with Gasteiger partial charge in [0.15, 0.2) is 11.6 Å². The zero-order chi connectivity index (χ0) is 27.6. The topological polar surface area (TPSA) is 179 Å². The number of aryl methyl sites for hydroxylation is 1. The summed E-state index contributed by atoms with van der Waals surface area (Å²) in [4.78, 5) is 26.4. The molecule has 0 fully saturated rings. The van der Waals surface area contributed by atoms with Crippen molar-refractivity contribution in [2.45, 2.75) is 20.4 Å². The second-order valence-electron chi connectivity index (χ2n) is 8.43. The van der Waals surface area contributed by atoms with Gasteiger partial charge in [-0.2, -0.15) is 0 Å². The van der Waals surface area contributed by atoms with Gasteiger partial charge in [0, 0.05) is 12.6 Å². The number of para-hydroxylation sites is 1. The van der Waals surface area contributed by atoms with E-state index in [2.05, 4.69) is 25.6 Å². The minimum absolute atomic E-state index is 0.0119. The Labute approximate surface area is 217 Å². The first-order chi connectivity index (χ1) is 18.1. The maximum atomic E-state index is 13.6. The summed E-state index contributed by atoms with van der Waals surface area (Å²) >= 11 is 0. The third-order valence-electron chi connectivity index (χ3n) is 5.89. The summed E-state index contributed by atoms with van der Waals surface area (Å²) in [7, 11) is 1.60. The van der Waals surface area contributed by atoms with Gasteiger partial charge in [0.05, 0.1) is 29.2 Å². The number of nitrogens with two attached hydrogens (primary N) is 1. The van der Waals surface area contributed by atoms with E-state index in [1.54, 1.807) is 20.0 Å². The van der Waals surface area contributed by atoms with E-state index >= 15 is 0 Å². The average molecular weight is 516 g/mol. The number of phenolic OH excluding ortho intramolecular Hbond substituents is 1. The van der Waals surface area contributed by atoms with Crippen molar-refractivity contribution < 1.29 is 9.50 Å². The molecule has 0 amide bonds. The van der Waals surface area contributed by atoms with Gasteiger partial charge < -0.3 is 26.9 Å². The van der Waals surface area contributed by atoms with E-state index in [0.29, 0.717) is 11.5 Å². The van der Waals surface area contributed by atoms with Gasteiger partial charge in [-0.25, -0.2) is 19.3 Å². The van der Waals surface area contributed by atoms with Crippen molar-refractivity contribution in [3.05, 3.63) is 93.2 Å². The Morgan fingerprint density at radius 1 is 1.18 bits per heavy atom. The molecule has 2 aromatic heterocycles. The van der Waals surface area contributed by atoms with Crippen LogP contribution >= 0.6 is 0 Å². The molecule has 194 valence electrons. The van der Waals surface area contributed by atoms with E-state index in [1.807, 2.05) is 25.1 Å². The number of benzene rings is 2. The Kier molecular flexibility index (Phi) is 7.15. The van der Waals surface area contributed by atoms with E-state index in [0.717, 1.165) is 17.7 Å². The van der Waals surface area contributed by atoms with Gasteiger partial charge in [0.2, 0.25) is 0 Å². The first kappa shape index (κ1) is 25.9. The van der Waals surface area contributed by atoms with Gasteiger partial charge in [0.1, 0.15) is 35.2 Å². The fourth-order valence-corrected chi connectivity index (χ4v) is 4.00. The predicted octanol–water partition coefficient (Wildman–Crippen LogP) is 3.22. The van der Waals surface area contributed by atoms with Crippen LogP contribution in [0.5, 0.6) is 5.75 Å². The van der Waals surface area contributed by atoms with E-state index in [1.165, 1.54) is 17.0 Å². The summed E-state index contributed by atoms with van der Waals surface area (Å²) in [5.41, 5.74) is 7.83.